The molecule has 0 fully saturated rings. The van der Waals surface area contributed by atoms with E-state index in [0.717, 1.165) is 21.5 Å². The van der Waals surface area contributed by atoms with Gasteiger partial charge in [-0.05, 0) is 220 Å². The zero-order valence-corrected chi connectivity index (χ0v) is 40.6. The molecular weight excluding hydrogens is 849 g/mol. The molecule has 0 saturated carbocycles. The number of benzene rings is 12. The standard InChI is InChI=1S/C66H52N4/c1-37-13-7-19-52-46(31-67)25-43-27-48(54-21-9-15-39(3)60(54)64(43)58(37)52)33-69-35-50-29-45-30-51(57-24-12-18-42(6)63(57)66(45)62-41(5)17-11-23-56(50)62)36-70-34-49-28-44-26-47(32-68)53-20-8-14-38(2)59(53)65(44)61-40(4)16-10-22-55(49)61/h7-30,69-70H,33-36H2,1-6H3. The van der Waals surface area contributed by atoms with Crippen LogP contribution in [-0.2, 0) is 26.2 Å². The van der Waals surface area contributed by atoms with Crippen molar-refractivity contribution in [2.75, 3.05) is 0 Å². The number of nitrogens with one attached hydrogen (secondary N) is 2. The van der Waals surface area contributed by atoms with Crippen LogP contribution in [0.4, 0.5) is 0 Å². The Morgan fingerprint density at radius 3 is 0.786 bits per heavy atom. The smallest absolute Gasteiger partial charge is 0.0998 e. The predicted molar refractivity (Wildman–Crippen MR) is 296 cm³/mol. The molecule has 0 atom stereocenters. The van der Waals surface area contributed by atoms with E-state index in [4.69, 9.17) is 0 Å². The molecule has 0 aromatic heterocycles. The number of hydrogen-bond acceptors (Lipinski definition) is 4. The average molecular weight is 901 g/mol. The molecule has 0 unspecified atom stereocenters. The van der Waals surface area contributed by atoms with Crippen molar-refractivity contribution < 1.29 is 0 Å². The Morgan fingerprint density at radius 1 is 0.300 bits per heavy atom. The number of nitrogens with zero attached hydrogens (tertiary/aromatic N) is 2. The molecule has 4 nitrogen and oxygen atoms in total. The van der Waals surface area contributed by atoms with Crippen LogP contribution in [0.1, 0.15) is 66.8 Å². The summed E-state index contributed by atoms with van der Waals surface area (Å²) in [4.78, 5) is 0. The summed E-state index contributed by atoms with van der Waals surface area (Å²) in [5.41, 5.74) is 13.8. The van der Waals surface area contributed by atoms with Gasteiger partial charge in [0.05, 0.1) is 23.3 Å². The van der Waals surface area contributed by atoms with E-state index in [1.807, 2.05) is 0 Å². The van der Waals surface area contributed by atoms with Crippen LogP contribution in [-0.4, -0.2) is 0 Å². The minimum Gasteiger partial charge on any atom is -0.309 e. The maximum absolute atomic E-state index is 10.3. The Morgan fingerprint density at radius 2 is 0.529 bits per heavy atom. The Kier molecular flexibility index (Phi) is 10.4. The van der Waals surface area contributed by atoms with Gasteiger partial charge in [0, 0.05) is 37.0 Å². The highest BCUT2D eigenvalue weighted by atomic mass is 14.9. The van der Waals surface area contributed by atoms with E-state index in [1.165, 1.54) is 131 Å². The van der Waals surface area contributed by atoms with Crippen LogP contribution in [0.5, 0.6) is 0 Å². The molecule has 12 rings (SSSR count). The fraction of sp³-hybridized carbons (Fsp3) is 0.152. The first kappa shape index (κ1) is 43.2. The molecule has 0 heterocycles. The van der Waals surface area contributed by atoms with Crippen LogP contribution in [0, 0.1) is 64.2 Å². The van der Waals surface area contributed by atoms with Crippen molar-refractivity contribution in [1.82, 2.24) is 10.6 Å². The van der Waals surface area contributed by atoms with Crippen LogP contribution in [0.15, 0.2) is 146 Å². The fourth-order valence-corrected chi connectivity index (χ4v) is 12.3. The maximum Gasteiger partial charge on any atom is 0.0998 e. The Hall–Kier alpha value is -8.12. The number of nitriles is 2. The van der Waals surface area contributed by atoms with Gasteiger partial charge in [-0.2, -0.15) is 10.5 Å². The van der Waals surface area contributed by atoms with E-state index in [9.17, 15) is 10.5 Å². The fourth-order valence-electron chi connectivity index (χ4n) is 12.3. The van der Waals surface area contributed by atoms with E-state index in [1.54, 1.807) is 0 Å². The van der Waals surface area contributed by atoms with Gasteiger partial charge < -0.3 is 10.6 Å². The second-order valence-electron chi connectivity index (χ2n) is 19.7. The van der Waals surface area contributed by atoms with Crippen molar-refractivity contribution in [2.45, 2.75) is 67.7 Å². The number of rotatable bonds is 8. The van der Waals surface area contributed by atoms with Crippen LogP contribution in [0.2, 0.25) is 0 Å². The minimum atomic E-state index is 0.678. The summed E-state index contributed by atoms with van der Waals surface area (Å²) in [6, 6.07) is 58.0. The van der Waals surface area contributed by atoms with Crippen LogP contribution in [0.25, 0.3) is 97.0 Å². The SMILES string of the molecule is Cc1cccc2c(C#N)cc3cc(CNCc4cc5cc(CNCc6cc7cc(C#N)c8cccc(C)c8c7c7c(C)cccc67)c6cccc(C)c6c5c5c(C)cccc45)c4cccc(C)c4c3c12. The quantitative estimate of drug-likeness (QED) is 0.149. The van der Waals surface area contributed by atoms with Gasteiger partial charge in [-0.1, -0.05) is 109 Å². The summed E-state index contributed by atoms with van der Waals surface area (Å²) in [6.45, 7) is 16.0. The van der Waals surface area contributed by atoms with E-state index in [2.05, 4.69) is 210 Å². The summed E-state index contributed by atoms with van der Waals surface area (Å²) in [7, 11) is 0. The zero-order valence-electron chi connectivity index (χ0n) is 40.6. The van der Waals surface area contributed by atoms with Crippen molar-refractivity contribution in [3.63, 3.8) is 0 Å². The van der Waals surface area contributed by atoms with Crippen molar-refractivity contribution in [1.29, 1.82) is 10.5 Å². The molecule has 0 aliphatic carbocycles. The molecule has 0 saturated heterocycles. The summed E-state index contributed by atoms with van der Waals surface area (Å²) in [5.74, 6) is 0. The molecular formula is C66H52N4. The zero-order chi connectivity index (χ0) is 47.9. The Balaban J connectivity index is 0.933. The lowest BCUT2D eigenvalue weighted by Crippen LogP contribution is -2.14. The van der Waals surface area contributed by atoms with Gasteiger partial charge in [-0.3, -0.25) is 0 Å². The molecule has 12 aromatic carbocycles. The third-order valence-corrected chi connectivity index (χ3v) is 15.4. The highest BCUT2D eigenvalue weighted by Crippen LogP contribution is 2.43. The number of fused-ring (bicyclic) bond motifs is 15. The highest BCUT2D eigenvalue weighted by molar-refractivity contribution is 6.26. The van der Waals surface area contributed by atoms with Crippen LogP contribution < -0.4 is 10.6 Å². The molecule has 0 aliphatic heterocycles. The van der Waals surface area contributed by atoms with Gasteiger partial charge in [-0.15, -0.1) is 0 Å². The van der Waals surface area contributed by atoms with Gasteiger partial charge in [0.25, 0.3) is 0 Å². The monoisotopic (exact) mass is 900 g/mol. The lowest BCUT2D eigenvalue weighted by molar-refractivity contribution is 0.699. The van der Waals surface area contributed by atoms with Crippen molar-refractivity contribution in [3.05, 3.63) is 212 Å². The average Bonchev–Trinajstić information content (AvgIpc) is 3.36. The van der Waals surface area contributed by atoms with Gasteiger partial charge in [0.1, 0.15) is 0 Å². The first-order chi connectivity index (χ1) is 34.1. The van der Waals surface area contributed by atoms with Crippen LogP contribution >= 0.6 is 0 Å². The minimum absolute atomic E-state index is 0.678. The Labute approximate surface area is 408 Å². The Bertz CT molecular complexity index is 4060. The van der Waals surface area contributed by atoms with E-state index < -0.39 is 0 Å². The molecule has 0 spiro atoms. The molecule has 0 radical (unpaired) electrons. The van der Waals surface area contributed by atoms with Gasteiger partial charge in [-0.25, -0.2) is 0 Å². The van der Waals surface area contributed by atoms with Crippen molar-refractivity contribution >= 4 is 97.0 Å². The third-order valence-electron chi connectivity index (χ3n) is 15.4. The summed E-state index contributed by atoms with van der Waals surface area (Å²) >= 11 is 0. The topological polar surface area (TPSA) is 71.6 Å². The maximum atomic E-state index is 10.3. The second kappa shape index (κ2) is 16.8. The molecule has 336 valence electrons. The molecule has 0 bridgehead atoms. The molecule has 0 aliphatic rings. The first-order valence-electron chi connectivity index (χ1n) is 24.5. The first-order valence-corrected chi connectivity index (χ1v) is 24.5. The summed E-state index contributed by atoms with van der Waals surface area (Å²) in [6.07, 6.45) is 0. The summed E-state index contributed by atoms with van der Waals surface area (Å²) in [5, 5.41) is 50.2. The lowest BCUT2D eigenvalue weighted by Gasteiger charge is -2.20. The number of hydrogen-bond donors (Lipinski definition) is 2. The van der Waals surface area contributed by atoms with Crippen molar-refractivity contribution in [3.8, 4) is 12.1 Å². The summed E-state index contributed by atoms with van der Waals surface area (Å²) < 4.78 is 0. The van der Waals surface area contributed by atoms with Crippen LogP contribution in [0.3, 0.4) is 0 Å². The third kappa shape index (κ3) is 6.71. The second-order valence-corrected chi connectivity index (χ2v) is 19.7. The molecule has 0 amide bonds. The number of aryl methyl sites for hydroxylation is 6. The normalized spacial score (nSPS) is 11.9. The lowest BCUT2D eigenvalue weighted by atomic mass is 9.87. The van der Waals surface area contributed by atoms with Gasteiger partial charge in [0.2, 0.25) is 0 Å². The molecule has 2 N–H and O–H groups in total. The largest absolute Gasteiger partial charge is 0.309 e. The molecule has 4 heteroatoms. The molecule has 12 aromatic rings. The van der Waals surface area contributed by atoms with E-state index >= 15 is 0 Å². The molecule has 70 heavy (non-hydrogen) atoms. The van der Waals surface area contributed by atoms with E-state index in [0.29, 0.717) is 37.3 Å². The van der Waals surface area contributed by atoms with Crippen molar-refractivity contribution in [2.24, 2.45) is 0 Å². The highest BCUT2D eigenvalue weighted by Gasteiger charge is 2.20. The predicted octanol–water partition coefficient (Wildman–Crippen LogP) is 16.2. The van der Waals surface area contributed by atoms with Gasteiger partial charge in [0.15, 0.2) is 0 Å². The van der Waals surface area contributed by atoms with E-state index in [-0.39, 0.29) is 0 Å². The van der Waals surface area contributed by atoms with Gasteiger partial charge >= 0.3 is 0 Å².